The highest BCUT2D eigenvalue weighted by molar-refractivity contribution is 9.09. The highest BCUT2D eigenvalue weighted by Gasteiger charge is 2.36. The number of benzene rings is 1. The van der Waals surface area contributed by atoms with E-state index < -0.39 is 0 Å². The van der Waals surface area contributed by atoms with Gasteiger partial charge in [-0.2, -0.15) is 0 Å². The molecule has 0 amide bonds. The van der Waals surface area contributed by atoms with E-state index in [0.29, 0.717) is 15.3 Å². The van der Waals surface area contributed by atoms with Crippen LogP contribution in [0.2, 0.25) is 10.0 Å². The largest absolute Gasteiger partial charge is 0.348 e. The van der Waals surface area contributed by atoms with E-state index in [1.54, 1.807) is 12.4 Å². The lowest BCUT2D eigenvalue weighted by atomic mass is 9.96. The quantitative estimate of drug-likeness (QED) is 0.690. The van der Waals surface area contributed by atoms with Crippen molar-refractivity contribution in [3.8, 4) is 0 Å². The van der Waals surface area contributed by atoms with Gasteiger partial charge in [-0.05, 0) is 17.7 Å². The van der Waals surface area contributed by atoms with Crippen molar-refractivity contribution in [2.75, 3.05) is 18.4 Å². The molecule has 4 rings (SSSR count). The van der Waals surface area contributed by atoms with Crippen LogP contribution in [0.15, 0.2) is 29.5 Å². The predicted molar refractivity (Wildman–Crippen MR) is 105 cm³/mol. The third kappa shape index (κ3) is 2.98. The molecular formula is C16H15BrCl2N4S. The first-order valence-corrected chi connectivity index (χ1v) is 10.4. The molecule has 2 aromatic rings. The summed E-state index contributed by atoms with van der Waals surface area (Å²) in [5.74, 6) is 0. The summed E-state index contributed by atoms with van der Waals surface area (Å²) in [6, 6.07) is 5.63. The first-order valence-electron chi connectivity index (χ1n) is 7.68. The molecule has 2 atom stereocenters. The van der Waals surface area contributed by atoms with Crippen molar-refractivity contribution in [1.29, 1.82) is 0 Å². The molecule has 0 fully saturated rings. The summed E-state index contributed by atoms with van der Waals surface area (Å²) in [7, 11) is 0. The van der Waals surface area contributed by atoms with Crippen molar-refractivity contribution in [2.45, 2.75) is 17.7 Å². The lowest BCUT2D eigenvalue weighted by molar-refractivity contribution is 0.338. The third-order valence-corrected chi connectivity index (χ3v) is 7.30. The minimum Gasteiger partial charge on any atom is -0.348 e. The average Bonchev–Trinajstić information content (AvgIpc) is 3.23. The third-order valence-electron chi connectivity index (χ3n) is 4.30. The molecule has 24 heavy (non-hydrogen) atoms. The summed E-state index contributed by atoms with van der Waals surface area (Å²) >= 11 is 18.0. The Hall–Kier alpha value is -0.690. The highest BCUT2D eigenvalue weighted by atomic mass is 79.9. The number of aromatic amines is 1. The molecular weight excluding hydrogens is 431 g/mol. The van der Waals surface area contributed by atoms with E-state index in [9.17, 15) is 0 Å². The van der Waals surface area contributed by atoms with Crippen molar-refractivity contribution >= 4 is 56.1 Å². The predicted octanol–water partition coefficient (Wildman–Crippen LogP) is 4.53. The summed E-state index contributed by atoms with van der Waals surface area (Å²) in [6.45, 7) is 1.73. The molecule has 2 aliphatic heterocycles. The number of amidine groups is 1. The second-order valence-corrected chi connectivity index (χ2v) is 8.55. The van der Waals surface area contributed by atoms with Crippen LogP contribution in [0.1, 0.15) is 23.0 Å². The van der Waals surface area contributed by atoms with Gasteiger partial charge in [0.2, 0.25) is 0 Å². The summed E-state index contributed by atoms with van der Waals surface area (Å²) in [6.07, 6.45) is 2.69. The van der Waals surface area contributed by atoms with Crippen LogP contribution in [-0.2, 0) is 6.42 Å². The molecule has 2 unspecified atom stereocenters. The van der Waals surface area contributed by atoms with Crippen LogP contribution in [0.5, 0.6) is 0 Å². The zero-order chi connectivity index (χ0) is 16.7. The Labute approximate surface area is 163 Å². The van der Waals surface area contributed by atoms with E-state index in [1.165, 1.54) is 5.69 Å². The van der Waals surface area contributed by atoms with Crippen molar-refractivity contribution in [3.05, 3.63) is 51.5 Å². The van der Waals surface area contributed by atoms with E-state index >= 15 is 0 Å². The smallest absolute Gasteiger partial charge is 0.160 e. The fourth-order valence-corrected chi connectivity index (χ4v) is 5.27. The molecule has 0 spiro atoms. The molecule has 2 aliphatic rings. The molecule has 4 nitrogen and oxygen atoms in total. The van der Waals surface area contributed by atoms with Crippen LogP contribution in [0.3, 0.4) is 0 Å². The molecule has 0 aliphatic carbocycles. The summed E-state index contributed by atoms with van der Waals surface area (Å²) in [4.78, 5) is 14.9. The molecule has 126 valence electrons. The zero-order valence-electron chi connectivity index (χ0n) is 12.7. The minimum absolute atomic E-state index is 0.0370. The molecule has 1 N–H and O–H groups in total. The van der Waals surface area contributed by atoms with Gasteiger partial charge in [0.15, 0.2) is 5.17 Å². The number of nitrogens with one attached hydrogen (secondary N) is 1. The maximum atomic E-state index is 6.52. The topological polar surface area (TPSA) is 44.3 Å². The molecule has 0 saturated carbocycles. The van der Waals surface area contributed by atoms with Crippen LogP contribution in [-0.4, -0.2) is 43.7 Å². The summed E-state index contributed by atoms with van der Waals surface area (Å²) in [5, 5.41) is 3.80. The number of alkyl halides is 1. The van der Waals surface area contributed by atoms with E-state index in [-0.39, 0.29) is 6.04 Å². The number of halogens is 3. The fourth-order valence-electron chi connectivity index (χ4n) is 3.16. The van der Waals surface area contributed by atoms with Gasteiger partial charge in [-0.3, -0.25) is 4.99 Å². The van der Waals surface area contributed by atoms with Crippen LogP contribution >= 0.6 is 50.9 Å². The van der Waals surface area contributed by atoms with Crippen molar-refractivity contribution in [2.24, 2.45) is 4.99 Å². The SMILES string of the molecule is Clc1ccc(C2c3nc[nH]c3CCN2C2=NCC(CBr)S2)c(Cl)c1. The highest BCUT2D eigenvalue weighted by Crippen LogP contribution is 2.40. The first kappa shape index (κ1) is 16.8. The number of imidazole rings is 1. The molecule has 1 aromatic heterocycles. The number of aliphatic imine (C=N–C) groups is 1. The van der Waals surface area contributed by atoms with Crippen LogP contribution < -0.4 is 0 Å². The Bertz CT molecular complexity index is 794. The van der Waals surface area contributed by atoms with Crippen LogP contribution in [0.4, 0.5) is 0 Å². The number of hydrogen-bond acceptors (Lipinski definition) is 4. The van der Waals surface area contributed by atoms with E-state index in [2.05, 4.69) is 30.8 Å². The molecule has 3 heterocycles. The van der Waals surface area contributed by atoms with Gasteiger partial charge in [-0.15, -0.1) is 0 Å². The maximum absolute atomic E-state index is 6.52. The fraction of sp³-hybridized carbons (Fsp3) is 0.375. The minimum atomic E-state index is -0.0370. The maximum Gasteiger partial charge on any atom is 0.160 e. The Balaban J connectivity index is 1.76. The van der Waals surface area contributed by atoms with Gasteiger partial charge in [0.1, 0.15) is 6.04 Å². The monoisotopic (exact) mass is 444 g/mol. The number of hydrogen-bond donors (Lipinski definition) is 1. The van der Waals surface area contributed by atoms with Crippen LogP contribution in [0.25, 0.3) is 0 Å². The molecule has 0 saturated heterocycles. The molecule has 8 heteroatoms. The zero-order valence-corrected chi connectivity index (χ0v) is 16.6. The van der Waals surface area contributed by atoms with Gasteiger partial charge < -0.3 is 9.88 Å². The van der Waals surface area contributed by atoms with E-state index in [1.807, 2.05) is 23.9 Å². The lowest BCUT2D eigenvalue weighted by Crippen LogP contribution is -2.39. The first-order chi connectivity index (χ1) is 11.7. The molecule has 0 bridgehead atoms. The van der Waals surface area contributed by atoms with Gasteiger partial charge in [-0.25, -0.2) is 4.98 Å². The van der Waals surface area contributed by atoms with Crippen molar-refractivity contribution < 1.29 is 0 Å². The number of fused-ring (bicyclic) bond motifs is 1. The molecule has 0 radical (unpaired) electrons. The second kappa shape index (κ2) is 6.90. The number of thioether (sulfide) groups is 1. The van der Waals surface area contributed by atoms with E-state index in [4.69, 9.17) is 28.2 Å². The Morgan fingerprint density at radius 2 is 2.25 bits per heavy atom. The number of aromatic nitrogens is 2. The standard InChI is InChI=1S/C16H15BrCl2N4S/c17-6-10-7-20-16(24-10)23-4-3-13-14(22-8-21-13)15(23)11-2-1-9(18)5-12(11)19/h1-2,5,8,10,15H,3-4,6-7H2,(H,21,22). The van der Waals surface area contributed by atoms with Crippen molar-refractivity contribution in [3.63, 3.8) is 0 Å². The lowest BCUT2D eigenvalue weighted by Gasteiger charge is -2.36. The Morgan fingerprint density at radius 1 is 1.38 bits per heavy atom. The average molecular weight is 446 g/mol. The Morgan fingerprint density at radius 3 is 3.00 bits per heavy atom. The summed E-state index contributed by atoms with van der Waals surface area (Å²) < 4.78 is 0. The van der Waals surface area contributed by atoms with Crippen LogP contribution in [0, 0.1) is 0 Å². The second-order valence-electron chi connectivity index (χ2n) is 5.80. The van der Waals surface area contributed by atoms with Gasteiger partial charge in [-0.1, -0.05) is 57.0 Å². The molecule has 1 aromatic carbocycles. The number of H-pyrrole nitrogens is 1. The van der Waals surface area contributed by atoms with Crippen molar-refractivity contribution in [1.82, 2.24) is 14.9 Å². The van der Waals surface area contributed by atoms with Gasteiger partial charge >= 0.3 is 0 Å². The number of nitrogens with zero attached hydrogens (tertiary/aromatic N) is 3. The normalized spacial score (nSPS) is 23.3. The Kier molecular flexibility index (Phi) is 4.82. The van der Waals surface area contributed by atoms with Gasteiger partial charge in [0.05, 0.1) is 18.6 Å². The summed E-state index contributed by atoms with van der Waals surface area (Å²) in [5.41, 5.74) is 3.21. The number of rotatable bonds is 2. The van der Waals surface area contributed by atoms with Gasteiger partial charge in [0.25, 0.3) is 0 Å². The van der Waals surface area contributed by atoms with Gasteiger partial charge in [0, 0.05) is 39.3 Å². The van der Waals surface area contributed by atoms with E-state index in [0.717, 1.165) is 41.3 Å².